The number of aryl methyl sites for hydroxylation is 1. The molecule has 5 nitrogen and oxygen atoms in total. The smallest absolute Gasteiger partial charge is 0.269 e. The van der Waals surface area contributed by atoms with Gasteiger partial charge < -0.3 is 16.0 Å². The Morgan fingerprint density at radius 2 is 1.61 bits per heavy atom. The van der Waals surface area contributed by atoms with Crippen LogP contribution in [0.3, 0.4) is 0 Å². The van der Waals surface area contributed by atoms with Gasteiger partial charge >= 0.3 is 0 Å². The van der Waals surface area contributed by atoms with Crippen molar-refractivity contribution >= 4 is 54.0 Å². The zero-order valence-electron chi connectivity index (χ0n) is 17.6. The summed E-state index contributed by atoms with van der Waals surface area (Å²) in [4.78, 5) is 19.0. The molecule has 3 aromatic rings. The van der Waals surface area contributed by atoms with Gasteiger partial charge in [-0.1, -0.05) is 48.5 Å². The monoisotopic (exact) mass is 484 g/mol. The van der Waals surface area contributed by atoms with Gasteiger partial charge in [-0.2, -0.15) is 0 Å². The lowest BCUT2D eigenvalue weighted by molar-refractivity contribution is 0.0945. The number of amides is 1. The zero-order valence-corrected chi connectivity index (χ0v) is 20.1. The molecule has 3 rings (SSSR count). The summed E-state index contributed by atoms with van der Waals surface area (Å²) < 4.78 is 0. The molecular formula is C23H31Cl3N4O. The SMILES string of the molecule is CN(CCCc1ccc(CN)cc1)CCNC(=O)c1ccc2ccccc2n1.Cl.Cl.Cl. The predicted octanol–water partition coefficient (Wildman–Crippen LogP) is 4.25. The Labute approximate surface area is 203 Å². The molecule has 1 aromatic heterocycles. The molecule has 31 heavy (non-hydrogen) atoms. The van der Waals surface area contributed by atoms with Gasteiger partial charge in [0.15, 0.2) is 0 Å². The van der Waals surface area contributed by atoms with Gasteiger partial charge in [0.2, 0.25) is 0 Å². The minimum atomic E-state index is -0.126. The fourth-order valence-electron chi connectivity index (χ4n) is 3.15. The number of hydrogen-bond donors (Lipinski definition) is 2. The Bertz CT molecular complexity index is 922. The van der Waals surface area contributed by atoms with Gasteiger partial charge in [0.1, 0.15) is 5.69 Å². The third-order valence-electron chi connectivity index (χ3n) is 4.87. The molecule has 0 bridgehead atoms. The summed E-state index contributed by atoms with van der Waals surface area (Å²) in [6.07, 6.45) is 2.13. The van der Waals surface area contributed by atoms with Crippen LogP contribution >= 0.6 is 37.2 Å². The topological polar surface area (TPSA) is 71.2 Å². The first-order valence-electron chi connectivity index (χ1n) is 9.76. The van der Waals surface area contributed by atoms with Crippen LogP contribution in [0.5, 0.6) is 0 Å². The van der Waals surface area contributed by atoms with E-state index in [0.717, 1.165) is 42.4 Å². The van der Waals surface area contributed by atoms with Gasteiger partial charge in [0.25, 0.3) is 5.91 Å². The van der Waals surface area contributed by atoms with Gasteiger partial charge in [-0.15, -0.1) is 37.2 Å². The number of hydrogen-bond acceptors (Lipinski definition) is 4. The minimum Gasteiger partial charge on any atom is -0.349 e. The molecule has 2 aromatic carbocycles. The molecule has 0 aliphatic rings. The molecule has 0 atom stereocenters. The number of nitrogens with zero attached hydrogens (tertiary/aromatic N) is 2. The maximum Gasteiger partial charge on any atom is 0.269 e. The van der Waals surface area contributed by atoms with Crippen molar-refractivity contribution in [1.82, 2.24) is 15.2 Å². The Morgan fingerprint density at radius 1 is 0.935 bits per heavy atom. The Kier molecular flexibility index (Phi) is 14.1. The third kappa shape index (κ3) is 9.01. The van der Waals surface area contributed by atoms with Gasteiger partial charge in [0.05, 0.1) is 5.52 Å². The molecule has 170 valence electrons. The van der Waals surface area contributed by atoms with Crippen LogP contribution < -0.4 is 11.1 Å². The van der Waals surface area contributed by atoms with E-state index < -0.39 is 0 Å². The number of fused-ring (bicyclic) bond motifs is 1. The molecule has 0 unspecified atom stereocenters. The van der Waals surface area contributed by atoms with Crippen LogP contribution in [0.4, 0.5) is 0 Å². The van der Waals surface area contributed by atoms with Crippen molar-refractivity contribution in [3.8, 4) is 0 Å². The van der Waals surface area contributed by atoms with E-state index in [-0.39, 0.29) is 43.1 Å². The number of carbonyl (C=O) groups excluding carboxylic acids is 1. The summed E-state index contributed by atoms with van der Waals surface area (Å²) in [5, 5.41) is 4.00. The molecular weight excluding hydrogens is 455 g/mol. The molecule has 0 saturated heterocycles. The molecule has 8 heteroatoms. The normalized spacial score (nSPS) is 10.0. The molecule has 0 fully saturated rings. The van der Waals surface area contributed by atoms with E-state index in [0.29, 0.717) is 18.8 Å². The summed E-state index contributed by atoms with van der Waals surface area (Å²) in [6.45, 7) is 2.99. The van der Waals surface area contributed by atoms with Crippen LogP contribution in [0.15, 0.2) is 60.7 Å². The van der Waals surface area contributed by atoms with Crippen LogP contribution in [0.25, 0.3) is 10.9 Å². The van der Waals surface area contributed by atoms with Gasteiger partial charge in [-0.05, 0) is 49.7 Å². The molecule has 0 aliphatic carbocycles. The first-order valence-corrected chi connectivity index (χ1v) is 9.76. The average Bonchev–Trinajstić information content (AvgIpc) is 2.73. The van der Waals surface area contributed by atoms with Crippen LogP contribution in [0, 0.1) is 0 Å². The largest absolute Gasteiger partial charge is 0.349 e. The van der Waals surface area contributed by atoms with E-state index >= 15 is 0 Å². The summed E-state index contributed by atoms with van der Waals surface area (Å²) in [7, 11) is 2.08. The summed E-state index contributed by atoms with van der Waals surface area (Å²) in [6, 6.07) is 20.0. The number of nitrogens with two attached hydrogens (primary N) is 1. The number of nitrogens with one attached hydrogen (secondary N) is 1. The maximum atomic E-state index is 12.3. The quantitative estimate of drug-likeness (QED) is 0.475. The number of likely N-dealkylation sites (N-methyl/N-ethyl adjacent to an activating group) is 1. The van der Waals surface area contributed by atoms with Crippen molar-refractivity contribution in [2.45, 2.75) is 19.4 Å². The summed E-state index contributed by atoms with van der Waals surface area (Å²) in [5.41, 5.74) is 9.43. The Morgan fingerprint density at radius 3 is 2.32 bits per heavy atom. The summed E-state index contributed by atoms with van der Waals surface area (Å²) in [5.74, 6) is -0.126. The van der Waals surface area contributed by atoms with E-state index in [9.17, 15) is 4.79 Å². The highest BCUT2D eigenvalue weighted by Crippen LogP contribution is 2.11. The number of benzene rings is 2. The van der Waals surface area contributed by atoms with Crippen LogP contribution in [-0.2, 0) is 13.0 Å². The summed E-state index contributed by atoms with van der Waals surface area (Å²) >= 11 is 0. The van der Waals surface area contributed by atoms with E-state index in [1.807, 2.05) is 30.3 Å². The van der Waals surface area contributed by atoms with Crippen molar-refractivity contribution < 1.29 is 4.79 Å². The second-order valence-electron chi connectivity index (χ2n) is 7.07. The number of para-hydroxylation sites is 1. The third-order valence-corrected chi connectivity index (χ3v) is 4.87. The molecule has 1 amide bonds. The lowest BCUT2D eigenvalue weighted by Gasteiger charge is -2.17. The molecule has 0 saturated carbocycles. The van der Waals surface area contributed by atoms with Crippen LogP contribution in [0.1, 0.15) is 28.0 Å². The lowest BCUT2D eigenvalue weighted by Crippen LogP contribution is -2.33. The molecule has 0 aliphatic heterocycles. The highest BCUT2D eigenvalue weighted by molar-refractivity contribution is 5.94. The van der Waals surface area contributed by atoms with Gasteiger partial charge in [-0.25, -0.2) is 4.98 Å². The number of carbonyl (C=O) groups is 1. The predicted molar refractivity (Wildman–Crippen MR) is 136 cm³/mol. The van der Waals surface area contributed by atoms with Crippen molar-refractivity contribution in [2.75, 3.05) is 26.7 Å². The Balaban J connectivity index is 0.00000300. The fraction of sp³-hybridized carbons (Fsp3) is 0.304. The molecule has 0 spiro atoms. The fourth-order valence-corrected chi connectivity index (χ4v) is 3.15. The molecule has 3 N–H and O–H groups in total. The zero-order chi connectivity index (χ0) is 19.8. The number of halogens is 3. The highest BCUT2D eigenvalue weighted by Gasteiger charge is 2.08. The highest BCUT2D eigenvalue weighted by atomic mass is 35.5. The number of aromatic nitrogens is 1. The first kappa shape index (κ1) is 29.1. The minimum absolute atomic E-state index is 0. The van der Waals surface area contributed by atoms with Crippen LogP contribution in [0.2, 0.25) is 0 Å². The van der Waals surface area contributed by atoms with E-state index in [2.05, 4.69) is 46.5 Å². The number of pyridine rings is 1. The molecule has 1 heterocycles. The van der Waals surface area contributed by atoms with Crippen molar-refractivity contribution in [1.29, 1.82) is 0 Å². The van der Waals surface area contributed by atoms with Gasteiger partial charge in [0, 0.05) is 25.0 Å². The first-order chi connectivity index (χ1) is 13.7. The van der Waals surface area contributed by atoms with E-state index in [4.69, 9.17) is 5.73 Å². The maximum absolute atomic E-state index is 12.3. The lowest BCUT2D eigenvalue weighted by atomic mass is 10.1. The van der Waals surface area contributed by atoms with Gasteiger partial charge in [-0.3, -0.25) is 4.79 Å². The standard InChI is InChI=1S/C23H28N4O.3ClH/c1-27(15-4-5-18-8-10-19(17-24)11-9-18)16-14-25-23(28)22-13-12-20-6-2-3-7-21(20)26-22;;;/h2-3,6-13H,4-5,14-17,24H2,1H3,(H,25,28);3*1H. The van der Waals surface area contributed by atoms with Crippen molar-refractivity contribution in [3.05, 3.63) is 77.5 Å². The van der Waals surface area contributed by atoms with Crippen molar-refractivity contribution in [3.63, 3.8) is 0 Å². The van der Waals surface area contributed by atoms with E-state index in [1.165, 1.54) is 5.56 Å². The molecule has 0 radical (unpaired) electrons. The average molecular weight is 486 g/mol. The van der Waals surface area contributed by atoms with Crippen molar-refractivity contribution in [2.24, 2.45) is 5.73 Å². The second-order valence-corrected chi connectivity index (χ2v) is 7.07. The second kappa shape index (κ2) is 15.0. The van der Waals surface area contributed by atoms with E-state index in [1.54, 1.807) is 6.07 Å². The number of rotatable bonds is 9. The Hall–Kier alpha value is -1.89. The van der Waals surface area contributed by atoms with Crippen LogP contribution in [-0.4, -0.2) is 42.5 Å².